The lowest BCUT2D eigenvalue weighted by Crippen LogP contribution is -2.33. The van der Waals surface area contributed by atoms with Crippen molar-refractivity contribution in [2.24, 2.45) is 5.92 Å². The zero-order valence-electron chi connectivity index (χ0n) is 14.2. The molecule has 2 heterocycles. The van der Waals surface area contributed by atoms with Gasteiger partial charge in [-0.2, -0.15) is 0 Å². The quantitative estimate of drug-likeness (QED) is 0.931. The number of aryl methyl sites for hydroxylation is 1. The molecule has 4 rings (SSSR count). The maximum atomic E-state index is 12.8. The van der Waals surface area contributed by atoms with Crippen molar-refractivity contribution in [3.63, 3.8) is 0 Å². The lowest BCUT2D eigenvalue weighted by molar-refractivity contribution is -0.122. The Bertz CT molecular complexity index is 821. The fraction of sp³-hybridized carbons (Fsp3) is 0.421. The fourth-order valence-corrected chi connectivity index (χ4v) is 3.75. The molecule has 1 aromatic heterocycles. The number of aromatic nitrogens is 1. The molecular weight excluding hydrogens is 318 g/mol. The van der Waals surface area contributed by atoms with Crippen LogP contribution < -0.4 is 10.2 Å². The van der Waals surface area contributed by atoms with Gasteiger partial charge in [-0.25, -0.2) is 0 Å². The number of nitrogens with one attached hydrogen (secondary N) is 1. The summed E-state index contributed by atoms with van der Waals surface area (Å²) in [4.78, 5) is 26.9. The number of fused-ring (bicyclic) bond motifs is 1. The number of amides is 2. The Kier molecular flexibility index (Phi) is 4.03. The molecule has 1 fully saturated rings. The van der Waals surface area contributed by atoms with E-state index in [2.05, 4.69) is 10.5 Å². The number of benzene rings is 1. The van der Waals surface area contributed by atoms with Gasteiger partial charge in [0.1, 0.15) is 5.76 Å². The zero-order chi connectivity index (χ0) is 17.4. The fourth-order valence-electron chi connectivity index (χ4n) is 3.75. The molecule has 1 aliphatic heterocycles. The van der Waals surface area contributed by atoms with Crippen molar-refractivity contribution in [3.05, 3.63) is 41.3 Å². The van der Waals surface area contributed by atoms with Gasteiger partial charge in [-0.1, -0.05) is 24.1 Å². The Labute approximate surface area is 146 Å². The molecule has 25 heavy (non-hydrogen) atoms. The molecule has 2 aliphatic rings. The van der Waals surface area contributed by atoms with Gasteiger partial charge in [0.05, 0.1) is 0 Å². The molecule has 2 amide bonds. The van der Waals surface area contributed by atoms with Gasteiger partial charge in [0, 0.05) is 29.9 Å². The Morgan fingerprint density at radius 2 is 2.04 bits per heavy atom. The molecule has 1 saturated carbocycles. The van der Waals surface area contributed by atoms with Crippen LogP contribution in [0.2, 0.25) is 0 Å². The molecule has 2 aromatic rings. The van der Waals surface area contributed by atoms with Gasteiger partial charge in [0.25, 0.3) is 5.91 Å². The molecule has 6 nitrogen and oxygen atoms in total. The van der Waals surface area contributed by atoms with Crippen LogP contribution in [-0.4, -0.2) is 23.5 Å². The summed E-state index contributed by atoms with van der Waals surface area (Å²) in [5.41, 5.74) is 2.99. The maximum Gasteiger partial charge on any atom is 0.277 e. The molecular formula is C19H21N3O3. The summed E-state index contributed by atoms with van der Waals surface area (Å²) in [7, 11) is 0. The number of hydrogen-bond donors (Lipinski definition) is 1. The van der Waals surface area contributed by atoms with Gasteiger partial charge >= 0.3 is 0 Å². The first kappa shape index (κ1) is 15.9. The number of nitrogens with zero attached hydrogens (tertiary/aromatic N) is 2. The first-order valence-corrected chi connectivity index (χ1v) is 8.81. The Balaban J connectivity index is 1.53. The third kappa shape index (κ3) is 3.04. The van der Waals surface area contributed by atoms with Crippen LogP contribution in [0.15, 0.2) is 28.8 Å². The minimum Gasteiger partial charge on any atom is -0.361 e. The SMILES string of the molecule is Cc1cc(C(=O)Nc2ccc3c(c2)N(C(=O)C2CCCC2)CC3)no1. The molecule has 6 heteroatoms. The smallest absolute Gasteiger partial charge is 0.277 e. The summed E-state index contributed by atoms with van der Waals surface area (Å²) in [5, 5.41) is 6.56. The van der Waals surface area contributed by atoms with Gasteiger partial charge in [-0.05, 0) is 43.9 Å². The van der Waals surface area contributed by atoms with Crippen molar-refractivity contribution < 1.29 is 14.1 Å². The van der Waals surface area contributed by atoms with Crippen LogP contribution in [0.25, 0.3) is 0 Å². The van der Waals surface area contributed by atoms with Gasteiger partial charge in [-0.15, -0.1) is 0 Å². The van der Waals surface area contributed by atoms with Crippen molar-refractivity contribution in [1.82, 2.24) is 5.16 Å². The average Bonchev–Trinajstić information content (AvgIpc) is 3.34. The van der Waals surface area contributed by atoms with Gasteiger partial charge in [-0.3, -0.25) is 9.59 Å². The highest BCUT2D eigenvalue weighted by Crippen LogP contribution is 2.35. The Morgan fingerprint density at radius 3 is 2.76 bits per heavy atom. The predicted octanol–water partition coefficient (Wildman–Crippen LogP) is 3.31. The molecule has 0 unspecified atom stereocenters. The van der Waals surface area contributed by atoms with Gasteiger partial charge in [0.2, 0.25) is 5.91 Å². The maximum absolute atomic E-state index is 12.8. The van der Waals surface area contributed by atoms with E-state index >= 15 is 0 Å². The van der Waals surface area contributed by atoms with Crippen LogP contribution in [-0.2, 0) is 11.2 Å². The monoisotopic (exact) mass is 339 g/mol. The van der Waals surface area contributed by atoms with Crippen LogP contribution in [0.4, 0.5) is 11.4 Å². The predicted molar refractivity (Wildman–Crippen MR) is 93.7 cm³/mol. The zero-order valence-corrected chi connectivity index (χ0v) is 14.2. The minimum absolute atomic E-state index is 0.155. The number of carbonyl (C=O) groups excluding carboxylic acids is 2. The lowest BCUT2D eigenvalue weighted by atomic mass is 10.1. The lowest BCUT2D eigenvalue weighted by Gasteiger charge is -2.21. The largest absolute Gasteiger partial charge is 0.361 e. The third-order valence-electron chi connectivity index (χ3n) is 5.07. The molecule has 1 N–H and O–H groups in total. The van der Waals surface area contributed by atoms with Crippen LogP contribution in [0.3, 0.4) is 0 Å². The van der Waals surface area contributed by atoms with E-state index in [0.717, 1.165) is 49.9 Å². The second kappa shape index (κ2) is 6.35. The number of anilines is 2. The molecule has 0 spiro atoms. The van der Waals surface area contributed by atoms with Crippen molar-refractivity contribution in [1.29, 1.82) is 0 Å². The number of hydrogen-bond acceptors (Lipinski definition) is 4. The first-order chi connectivity index (χ1) is 12.1. The molecule has 1 aromatic carbocycles. The molecule has 0 bridgehead atoms. The topological polar surface area (TPSA) is 75.4 Å². The normalized spacial score (nSPS) is 16.9. The van der Waals surface area contributed by atoms with E-state index in [1.807, 2.05) is 23.1 Å². The molecule has 1 aliphatic carbocycles. The van der Waals surface area contributed by atoms with Crippen molar-refractivity contribution in [2.45, 2.75) is 39.0 Å². The number of carbonyl (C=O) groups is 2. The molecule has 130 valence electrons. The summed E-state index contributed by atoms with van der Waals surface area (Å²) in [6, 6.07) is 7.34. The van der Waals surface area contributed by atoms with Gasteiger partial charge < -0.3 is 14.7 Å². The average molecular weight is 339 g/mol. The summed E-state index contributed by atoms with van der Waals surface area (Å²) < 4.78 is 4.94. The summed E-state index contributed by atoms with van der Waals surface area (Å²) in [5.74, 6) is 0.657. The van der Waals surface area contributed by atoms with E-state index < -0.39 is 0 Å². The number of rotatable bonds is 3. The van der Waals surface area contributed by atoms with E-state index in [1.165, 1.54) is 0 Å². The van der Waals surface area contributed by atoms with Crippen molar-refractivity contribution in [2.75, 3.05) is 16.8 Å². The summed E-state index contributed by atoms with van der Waals surface area (Å²) in [6.07, 6.45) is 5.14. The highest BCUT2D eigenvalue weighted by molar-refractivity contribution is 6.04. The van der Waals surface area contributed by atoms with Gasteiger partial charge in [0.15, 0.2) is 5.69 Å². The third-order valence-corrected chi connectivity index (χ3v) is 5.07. The van der Waals surface area contributed by atoms with Crippen LogP contribution >= 0.6 is 0 Å². The van der Waals surface area contributed by atoms with Crippen molar-refractivity contribution >= 4 is 23.2 Å². The Hall–Kier alpha value is -2.63. The molecule has 0 radical (unpaired) electrons. The van der Waals surface area contributed by atoms with Crippen LogP contribution in [0.1, 0.15) is 47.5 Å². The van der Waals surface area contributed by atoms with E-state index in [-0.39, 0.29) is 23.4 Å². The first-order valence-electron chi connectivity index (χ1n) is 8.81. The molecule has 0 atom stereocenters. The van der Waals surface area contributed by atoms with Crippen molar-refractivity contribution in [3.8, 4) is 0 Å². The van der Waals surface area contributed by atoms with E-state index in [9.17, 15) is 9.59 Å². The highest BCUT2D eigenvalue weighted by Gasteiger charge is 2.32. The summed E-state index contributed by atoms with van der Waals surface area (Å²) in [6.45, 7) is 2.47. The van der Waals surface area contributed by atoms with E-state index in [0.29, 0.717) is 11.4 Å². The van der Waals surface area contributed by atoms with Crippen LogP contribution in [0, 0.1) is 12.8 Å². The van der Waals surface area contributed by atoms with E-state index in [1.54, 1.807) is 13.0 Å². The highest BCUT2D eigenvalue weighted by atomic mass is 16.5. The second-order valence-electron chi connectivity index (χ2n) is 6.84. The second-order valence-corrected chi connectivity index (χ2v) is 6.84. The minimum atomic E-state index is -0.316. The standard InChI is InChI=1S/C19H21N3O3/c1-12-10-16(21-25-12)18(23)20-15-7-6-13-8-9-22(17(13)11-15)19(24)14-4-2-3-5-14/h6-7,10-11,14H,2-5,8-9H2,1H3,(H,20,23). The van der Waals surface area contributed by atoms with Crippen LogP contribution in [0.5, 0.6) is 0 Å². The molecule has 0 saturated heterocycles. The summed E-state index contributed by atoms with van der Waals surface area (Å²) >= 11 is 0. The van der Waals surface area contributed by atoms with E-state index in [4.69, 9.17) is 4.52 Å². The Morgan fingerprint density at radius 1 is 1.24 bits per heavy atom.